The molecule has 0 spiro atoms. The molecule has 0 aromatic heterocycles. The maximum atomic E-state index is 12.0. The Hall–Kier alpha value is -0.810. The Labute approximate surface area is 135 Å². The zero-order chi connectivity index (χ0) is 15.2. The lowest BCUT2D eigenvalue weighted by Gasteiger charge is -2.31. The molecule has 1 fully saturated rings. The number of rotatable bonds is 5. The van der Waals surface area contributed by atoms with Gasteiger partial charge in [-0.05, 0) is 45.1 Å². The first-order chi connectivity index (χ1) is 10.1. The van der Waals surface area contributed by atoms with Crippen LogP contribution in [0.4, 0.5) is 5.69 Å². The zero-order valence-electron chi connectivity index (χ0n) is 12.2. The fraction of sp³-hybridized carbons (Fsp3) is 0.533. The van der Waals surface area contributed by atoms with Crippen LogP contribution >= 0.6 is 23.2 Å². The molecule has 0 saturated carbocycles. The molecule has 0 radical (unpaired) electrons. The maximum absolute atomic E-state index is 12.0. The molecule has 1 saturated heterocycles. The smallest absolute Gasteiger partial charge is 0.225 e. The molecule has 4 nitrogen and oxygen atoms in total. The summed E-state index contributed by atoms with van der Waals surface area (Å²) in [6.45, 7) is 2.84. The fourth-order valence-electron chi connectivity index (χ4n) is 2.53. The minimum atomic E-state index is -0.0641. The predicted molar refractivity (Wildman–Crippen MR) is 88.2 cm³/mol. The van der Waals surface area contributed by atoms with Crippen molar-refractivity contribution < 1.29 is 4.79 Å². The van der Waals surface area contributed by atoms with Crippen LogP contribution in [0.5, 0.6) is 0 Å². The molecule has 21 heavy (non-hydrogen) atoms. The lowest BCUT2D eigenvalue weighted by Crippen LogP contribution is -2.42. The van der Waals surface area contributed by atoms with Gasteiger partial charge in [-0.15, -0.1) is 0 Å². The van der Waals surface area contributed by atoms with Crippen molar-refractivity contribution in [3.63, 3.8) is 0 Å². The average molecular weight is 330 g/mol. The standard InChI is InChI=1S/C15H21Cl2N3O/c1-20(11-5-8-18-9-6-11)10-7-14(21)19-15-12(16)3-2-4-13(15)17/h2-4,11,18H,5-10H2,1H3,(H,19,21). The molecule has 0 bridgehead atoms. The van der Waals surface area contributed by atoms with Crippen molar-refractivity contribution in [3.8, 4) is 0 Å². The van der Waals surface area contributed by atoms with Crippen LogP contribution in [0.3, 0.4) is 0 Å². The Balaban J connectivity index is 1.82. The van der Waals surface area contributed by atoms with Crippen molar-refractivity contribution in [2.45, 2.75) is 25.3 Å². The van der Waals surface area contributed by atoms with Crippen LogP contribution in [-0.4, -0.2) is 43.5 Å². The Morgan fingerprint density at radius 3 is 2.57 bits per heavy atom. The number of halogens is 2. The summed E-state index contributed by atoms with van der Waals surface area (Å²) in [5.74, 6) is -0.0641. The highest BCUT2D eigenvalue weighted by Gasteiger charge is 2.18. The van der Waals surface area contributed by atoms with E-state index in [0.29, 0.717) is 28.2 Å². The van der Waals surface area contributed by atoms with E-state index >= 15 is 0 Å². The van der Waals surface area contributed by atoms with Crippen molar-refractivity contribution >= 4 is 34.8 Å². The molecule has 0 unspecified atom stereocenters. The highest BCUT2D eigenvalue weighted by molar-refractivity contribution is 6.39. The highest BCUT2D eigenvalue weighted by Crippen LogP contribution is 2.29. The normalized spacial score (nSPS) is 16.2. The van der Waals surface area contributed by atoms with Crippen LogP contribution in [0.2, 0.25) is 10.0 Å². The molecule has 0 atom stereocenters. The molecule has 1 aliphatic heterocycles. The van der Waals surface area contributed by atoms with Crippen LogP contribution in [0.15, 0.2) is 18.2 Å². The minimum absolute atomic E-state index is 0.0641. The second-order valence-corrected chi connectivity index (χ2v) is 6.17. The fourth-order valence-corrected chi connectivity index (χ4v) is 3.02. The van der Waals surface area contributed by atoms with Crippen LogP contribution < -0.4 is 10.6 Å². The summed E-state index contributed by atoms with van der Waals surface area (Å²) < 4.78 is 0. The van der Waals surface area contributed by atoms with E-state index in [0.717, 1.165) is 32.5 Å². The molecular formula is C15H21Cl2N3O. The van der Waals surface area contributed by atoms with Gasteiger partial charge in [0.1, 0.15) is 0 Å². The Kier molecular flexibility index (Phi) is 6.30. The Morgan fingerprint density at radius 1 is 1.33 bits per heavy atom. The Morgan fingerprint density at radius 2 is 1.95 bits per heavy atom. The summed E-state index contributed by atoms with van der Waals surface area (Å²) in [5, 5.41) is 7.06. The van der Waals surface area contributed by atoms with E-state index in [4.69, 9.17) is 23.2 Å². The third kappa shape index (κ3) is 4.85. The summed E-state index contributed by atoms with van der Waals surface area (Å²) in [7, 11) is 2.08. The van der Waals surface area contributed by atoms with E-state index in [1.807, 2.05) is 0 Å². The molecule has 2 N–H and O–H groups in total. The average Bonchev–Trinajstić information content (AvgIpc) is 2.49. The number of piperidine rings is 1. The number of nitrogens with one attached hydrogen (secondary N) is 2. The molecule has 6 heteroatoms. The van der Waals surface area contributed by atoms with Gasteiger partial charge in [-0.3, -0.25) is 4.79 Å². The first-order valence-electron chi connectivity index (χ1n) is 7.22. The largest absolute Gasteiger partial charge is 0.324 e. The quantitative estimate of drug-likeness (QED) is 0.872. The number of nitrogens with zero attached hydrogens (tertiary/aromatic N) is 1. The van der Waals surface area contributed by atoms with Crippen molar-refractivity contribution in [1.82, 2.24) is 10.2 Å². The number of para-hydroxylation sites is 1. The van der Waals surface area contributed by atoms with E-state index in [-0.39, 0.29) is 5.91 Å². The molecule has 116 valence electrons. The Bertz CT molecular complexity index is 470. The van der Waals surface area contributed by atoms with Gasteiger partial charge in [-0.1, -0.05) is 29.3 Å². The van der Waals surface area contributed by atoms with Crippen LogP contribution in [0.1, 0.15) is 19.3 Å². The highest BCUT2D eigenvalue weighted by atomic mass is 35.5. The van der Waals surface area contributed by atoms with Gasteiger partial charge in [-0.2, -0.15) is 0 Å². The SMILES string of the molecule is CN(CCC(=O)Nc1c(Cl)cccc1Cl)C1CCNCC1. The van der Waals surface area contributed by atoms with E-state index < -0.39 is 0 Å². The van der Waals surface area contributed by atoms with Crippen molar-refractivity contribution in [2.75, 3.05) is 32.0 Å². The van der Waals surface area contributed by atoms with Gasteiger partial charge >= 0.3 is 0 Å². The number of carbonyl (C=O) groups is 1. The van der Waals surface area contributed by atoms with E-state index in [2.05, 4.69) is 22.6 Å². The van der Waals surface area contributed by atoms with Gasteiger partial charge in [0.15, 0.2) is 0 Å². The number of benzene rings is 1. The van der Waals surface area contributed by atoms with Crippen LogP contribution in [0.25, 0.3) is 0 Å². The summed E-state index contributed by atoms with van der Waals surface area (Å²) >= 11 is 12.1. The van der Waals surface area contributed by atoms with E-state index in [1.165, 1.54) is 0 Å². The number of carbonyl (C=O) groups excluding carboxylic acids is 1. The zero-order valence-corrected chi connectivity index (χ0v) is 13.7. The minimum Gasteiger partial charge on any atom is -0.324 e. The molecule has 1 amide bonds. The molecule has 0 aliphatic carbocycles. The second kappa shape index (κ2) is 7.99. The monoisotopic (exact) mass is 329 g/mol. The number of hydrogen-bond donors (Lipinski definition) is 2. The third-order valence-corrected chi connectivity index (χ3v) is 4.48. The van der Waals surface area contributed by atoms with Gasteiger partial charge in [0, 0.05) is 19.0 Å². The summed E-state index contributed by atoms with van der Waals surface area (Å²) in [5.41, 5.74) is 0.496. The van der Waals surface area contributed by atoms with E-state index in [1.54, 1.807) is 18.2 Å². The number of amides is 1. The number of anilines is 1. The van der Waals surface area contributed by atoms with Gasteiger partial charge < -0.3 is 15.5 Å². The summed E-state index contributed by atoms with van der Waals surface area (Å²) in [4.78, 5) is 14.3. The van der Waals surface area contributed by atoms with Gasteiger partial charge in [0.05, 0.1) is 15.7 Å². The summed E-state index contributed by atoms with van der Waals surface area (Å²) in [6, 6.07) is 5.74. The first kappa shape index (κ1) is 16.6. The molecule has 1 heterocycles. The maximum Gasteiger partial charge on any atom is 0.225 e. The lowest BCUT2D eigenvalue weighted by atomic mass is 10.1. The van der Waals surface area contributed by atoms with Crippen LogP contribution in [0, 0.1) is 0 Å². The molecule has 1 aliphatic rings. The van der Waals surface area contributed by atoms with Crippen molar-refractivity contribution in [1.29, 1.82) is 0 Å². The van der Waals surface area contributed by atoms with Crippen molar-refractivity contribution in [3.05, 3.63) is 28.2 Å². The van der Waals surface area contributed by atoms with Gasteiger partial charge in [-0.25, -0.2) is 0 Å². The topological polar surface area (TPSA) is 44.4 Å². The van der Waals surface area contributed by atoms with Crippen LogP contribution in [-0.2, 0) is 4.79 Å². The molecule has 1 aromatic carbocycles. The molecular weight excluding hydrogens is 309 g/mol. The molecule has 2 rings (SSSR count). The second-order valence-electron chi connectivity index (χ2n) is 5.36. The first-order valence-corrected chi connectivity index (χ1v) is 7.98. The van der Waals surface area contributed by atoms with E-state index in [9.17, 15) is 4.79 Å². The summed E-state index contributed by atoms with van der Waals surface area (Å²) in [6.07, 6.45) is 2.70. The van der Waals surface area contributed by atoms with Gasteiger partial charge in [0.25, 0.3) is 0 Å². The molecule has 1 aromatic rings. The van der Waals surface area contributed by atoms with Gasteiger partial charge in [0.2, 0.25) is 5.91 Å². The third-order valence-electron chi connectivity index (χ3n) is 3.85. The lowest BCUT2D eigenvalue weighted by molar-refractivity contribution is -0.116. The predicted octanol–water partition coefficient (Wildman–Crippen LogP) is 3.01. The number of hydrogen-bond acceptors (Lipinski definition) is 3. The van der Waals surface area contributed by atoms with Crippen molar-refractivity contribution in [2.24, 2.45) is 0 Å².